The Kier molecular flexibility index (Phi) is 4.76. The molecular weight excluding hydrogens is 366 g/mol. The highest BCUT2D eigenvalue weighted by atomic mass is 79.9. The summed E-state index contributed by atoms with van der Waals surface area (Å²) in [6.45, 7) is 6.27. The molecule has 3 aromatic rings. The van der Waals surface area contributed by atoms with Gasteiger partial charge in [-0.2, -0.15) is 0 Å². The summed E-state index contributed by atoms with van der Waals surface area (Å²) < 4.78 is 6.70. The van der Waals surface area contributed by atoms with Crippen molar-refractivity contribution in [1.29, 1.82) is 0 Å². The molecule has 0 saturated carbocycles. The lowest BCUT2D eigenvalue weighted by atomic mass is 9.99. The summed E-state index contributed by atoms with van der Waals surface area (Å²) in [5, 5.41) is 3.86. The monoisotopic (exact) mass is 385 g/mol. The van der Waals surface area contributed by atoms with Gasteiger partial charge in [-0.15, -0.1) is 0 Å². The first-order valence-corrected chi connectivity index (χ1v) is 8.89. The van der Waals surface area contributed by atoms with E-state index >= 15 is 0 Å². The predicted molar refractivity (Wildman–Crippen MR) is 102 cm³/mol. The van der Waals surface area contributed by atoms with Gasteiger partial charge < -0.3 is 9.73 Å². The van der Waals surface area contributed by atoms with E-state index in [-0.39, 0.29) is 5.91 Å². The lowest BCUT2D eigenvalue weighted by Gasteiger charge is -2.10. The van der Waals surface area contributed by atoms with Crippen molar-refractivity contribution in [1.82, 2.24) is 0 Å². The minimum absolute atomic E-state index is 0.226. The molecule has 1 heterocycles. The molecule has 0 saturated heterocycles. The van der Waals surface area contributed by atoms with Crippen molar-refractivity contribution in [3.05, 3.63) is 63.8 Å². The highest BCUT2D eigenvalue weighted by Crippen LogP contribution is 2.29. The third-order valence-electron chi connectivity index (χ3n) is 4.45. The lowest BCUT2D eigenvalue weighted by molar-refractivity contribution is 0.0998. The molecule has 0 aliphatic carbocycles. The summed E-state index contributed by atoms with van der Waals surface area (Å²) in [7, 11) is 0. The molecule has 4 heteroatoms. The van der Waals surface area contributed by atoms with Crippen LogP contribution < -0.4 is 5.32 Å². The van der Waals surface area contributed by atoms with E-state index in [9.17, 15) is 4.79 Å². The number of anilines is 1. The zero-order valence-electron chi connectivity index (χ0n) is 14.0. The lowest BCUT2D eigenvalue weighted by Crippen LogP contribution is -2.12. The molecule has 1 aromatic heterocycles. The number of fused-ring (bicyclic) bond motifs is 1. The number of aryl methyl sites for hydroxylation is 1. The van der Waals surface area contributed by atoms with Gasteiger partial charge in [0.15, 0.2) is 5.76 Å². The van der Waals surface area contributed by atoms with E-state index in [4.69, 9.17) is 4.42 Å². The van der Waals surface area contributed by atoms with E-state index in [2.05, 4.69) is 47.2 Å². The maximum Gasteiger partial charge on any atom is 0.291 e. The smallest absolute Gasteiger partial charge is 0.291 e. The van der Waals surface area contributed by atoms with Crippen LogP contribution in [0.4, 0.5) is 5.69 Å². The molecule has 24 heavy (non-hydrogen) atoms. The second kappa shape index (κ2) is 6.81. The quantitative estimate of drug-likeness (QED) is 0.574. The van der Waals surface area contributed by atoms with Crippen molar-refractivity contribution in [2.45, 2.75) is 33.1 Å². The fourth-order valence-electron chi connectivity index (χ4n) is 2.73. The number of furan rings is 1. The Morgan fingerprint density at radius 2 is 1.92 bits per heavy atom. The number of hydrogen-bond acceptors (Lipinski definition) is 2. The van der Waals surface area contributed by atoms with E-state index in [1.165, 1.54) is 5.56 Å². The number of benzene rings is 2. The molecule has 2 aromatic carbocycles. The molecule has 0 bridgehead atoms. The van der Waals surface area contributed by atoms with Crippen LogP contribution in [0.15, 0.2) is 51.4 Å². The summed E-state index contributed by atoms with van der Waals surface area (Å²) in [4.78, 5) is 12.5. The number of rotatable bonds is 4. The second-order valence-corrected chi connectivity index (χ2v) is 7.00. The van der Waals surface area contributed by atoms with Gasteiger partial charge >= 0.3 is 0 Å². The van der Waals surface area contributed by atoms with Gasteiger partial charge in [-0.1, -0.05) is 41.9 Å². The first-order valence-electron chi connectivity index (χ1n) is 8.09. The number of carbonyl (C=O) groups is 1. The van der Waals surface area contributed by atoms with Gasteiger partial charge in [0.1, 0.15) is 5.58 Å². The molecule has 3 nitrogen and oxygen atoms in total. The van der Waals surface area contributed by atoms with E-state index in [0.29, 0.717) is 17.3 Å². The molecule has 0 radical (unpaired) electrons. The molecule has 1 atom stereocenters. The summed E-state index contributed by atoms with van der Waals surface area (Å²) in [6.07, 6.45) is 1.10. The van der Waals surface area contributed by atoms with Gasteiger partial charge in [0.05, 0.1) is 0 Å². The minimum Gasteiger partial charge on any atom is -0.451 e. The zero-order chi connectivity index (χ0) is 17.3. The van der Waals surface area contributed by atoms with Crippen LogP contribution in [0.3, 0.4) is 0 Å². The highest BCUT2D eigenvalue weighted by Gasteiger charge is 2.18. The highest BCUT2D eigenvalue weighted by molar-refractivity contribution is 9.10. The van der Waals surface area contributed by atoms with Crippen molar-refractivity contribution >= 4 is 38.5 Å². The Bertz CT molecular complexity index is 881. The molecule has 1 N–H and O–H groups in total. The van der Waals surface area contributed by atoms with E-state index in [0.717, 1.165) is 27.5 Å². The van der Waals surface area contributed by atoms with Crippen molar-refractivity contribution in [3.8, 4) is 0 Å². The van der Waals surface area contributed by atoms with Crippen LogP contribution in [0.5, 0.6) is 0 Å². The van der Waals surface area contributed by atoms with Crippen molar-refractivity contribution in [3.63, 3.8) is 0 Å². The standard InChI is InChI=1S/C20H20BrNO2/c1-4-12(2)14-5-8-16(9-6-14)22-20(23)19-13(3)17-11-15(21)7-10-18(17)24-19/h5-12H,4H2,1-3H3,(H,22,23). The van der Waals surface area contributed by atoms with Gasteiger partial charge in [-0.25, -0.2) is 0 Å². The summed E-state index contributed by atoms with van der Waals surface area (Å²) >= 11 is 3.45. The number of carbonyl (C=O) groups excluding carboxylic acids is 1. The maximum absolute atomic E-state index is 12.5. The molecular formula is C20H20BrNO2. The molecule has 124 valence electrons. The predicted octanol–water partition coefficient (Wildman–Crippen LogP) is 6.27. The molecule has 3 rings (SSSR count). The van der Waals surface area contributed by atoms with Crippen LogP contribution in [0.1, 0.15) is 47.9 Å². The van der Waals surface area contributed by atoms with Crippen LogP contribution >= 0.6 is 15.9 Å². The average Bonchev–Trinajstić information content (AvgIpc) is 2.91. The van der Waals surface area contributed by atoms with Crippen LogP contribution in [0.25, 0.3) is 11.0 Å². The Morgan fingerprint density at radius 3 is 2.58 bits per heavy atom. The molecule has 0 fully saturated rings. The number of amides is 1. The van der Waals surface area contributed by atoms with Gasteiger partial charge in [-0.3, -0.25) is 4.79 Å². The number of nitrogens with one attached hydrogen (secondary N) is 1. The Hall–Kier alpha value is -2.07. The summed E-state index contributed by atoms with van der Waals surface area (Å²) in [6, 6.07) is 13.7. The van der Waals surface area contributed by atoms with Gasteiger partial charge in [0, 0.05) is 21.1 Å². The van der Waals surface area contributed by atoms with Crippen LogP contribution in [-0.4, -0.2) is 5.91 Å². The SMILES string of the molecule is CCC(C)c1ccc(NC(=O)c2oc3ccc(Br)cc3c2C)cc1. The van der Waals surface area contributed by atoms with E-state index in [1.807, 2.05) is 37.3 Å². The third kappa shape index (κ3) is 3.24. The van der Waals surface area contributed by atoms with E-state index in [1.54, 1.807) is 0 Å². The molecule has 1 unspecified atom stereocenters. The summed E-state index contributed by atoms with van der Waals surface area (Å²) in [5.41, 5.74) is 3.61. The molecule has 1 amide bonds. The van der Waals surface area contributed by atoms with Gasteiger partial charge in [0.2, 0.25) is 0 Å². The normalized spacial score (nSPS) is 12.3. The van der Waals surface area contributed by atoms with Gasteiger partial charge in [-0.05, 0) is 55.2 Å². The average molecular weight is 386 g/mol. The van der Waals surface area contributed by atoms with Gasteiger partial charge in [0.25, 0.3) is 5.91 Å². The molecule has 0 aliphatic rings. The Labute approximate surface area is 150 Å². The topological polar surface area (TPSA) is 42.2 Å². The first-order chi connectivity index (χ1) is 11.5. The second-order valence-electron chi connectivity index (χ2n) is 6.08. The Balaban J connectivity index is 1.83. The summed E-state index contributed by atoms with van der Waals surface area (Å²) in [5.74, 6) is 0.649. The zero-order valence-corrected chi connectivity index (χ0v) is 15.6. The fraction of sp³-hybridized carbons (Fsp3) is 0.250. The fourth-order valence-corrected chi connectivity index (χ4v) is 3.09. The van der Waals surface area contributed by atoms with Crippen molar-refractivity contribution in [2.24, 2.45) is 0 Å². The number of halogens is 1. The molecule has 0 aliphatic heterocycles. The molecule has 0 spiro atoms. The number of hydrogen-bond donors (Lipinski definition) is 1. The largest absolute Gasteiger partial charge is 0.451 e. The van der Waals surface area contributed by atoms with Crippen molar-refractivity contribution < 1.29 is 9.21 Å². The first kappa shape index (κ1) is 16.8. The minimum atomic E-state index is -0.226. The van der Waals surface area contributed by atoms with Crippen molar-refractivity contribution in [2.75, 3.05) is 5.32 Å². The van der Waals surface area contributed by atoms with Crippen LogP contribution in [0, 0.1) is 6.92 Å². The van der Waals surface area contributed by atoms with E-state index < -0.39 is 0 Å². The van der Waals surface area contributed by atoms with Crippen LogP contribution in [0.2, 0.25) is 0 Å². The maximum atomic E-state index is 12.5. The van der Waals surface area contributed by atoms with Crippen LogP contribution in [-0.2, 0) is 0 Å². The third-order valence-corrected chi connectivity index (χ3v) is 4.95. The Morgan fingerprint density at radius 1 is 1.21 bits per heavy atom.